The Hall–Kier alpha value is -0.490. The quantitative estimate of drug-likeness (QED) is 0.584. The Morgan fingerprint density at radius 1 is 1.40 bits per heavy atom. The zero-order chi connectivity index (χ0) is 11.7. The van der Waals surface area contributed by atoms with Gasteiger partial charge in [-0.15, -0.1) is 11.6 Å². The summed E-state index contributed by atoms with van der Waals surface area (Å²) in [5, 5.41) is 7.11. The van der Waals surface area contributed by atoms with Crippen LogP contribution in [0.1, 0.15) is 0 Å². The molecule has 0 aromatic carbocycles. The number of rotatable bonds is 1. The number of allylic oxidation sites excluding steroid dienone is 2. The van der Waals surface area contributed by atoms with E-state index in [2.05, 4.69) is 0 Å². The third kappa shape index (κ3) is 2.36. The van der Waals surface area contributed by atoms with Gasteiger partial charge in [-0.2, -0.15) is 8.42 Å². The Bertz CT molecular complexity index is 506. The first kappa shape index (κ1) is 12.6. The number of hydrogen-bond acceptors (Lipinski definition) is 3. The van der Waals surface area contributed by atoms with Crippen LogP contribution in [-0.2, 0) is 15.1 Å². The van der Waals surface area contributed by atoms with Crippen LogP contribution in [0.25, 0.3) is 0 Å². The lowest BCUT2D eigenvalue weighted by molar-refractivity contribution is -0.132. The second kappa shape index (κ2) is 4.57. The molecule has 0 spiro atoms. The molecule has 1 unspecified atom stereocenters. The lowest BCUT2D eigenvalue weighted by Gasteiger charge is -2.15. The summed E-state index contributed by atoms with van der Waals surface area (Å²) >= 11 is 16.9. The molecule has 1 aliphatic rings. The Balaban J connectivity index is 3.50. The molecular weight excluding hydrogens is 286 g/mol. The lowest BCUT2D eigenvalue weighted by Crippen LogP contribution is -2.22. The second-order valence-electron chi connectivity index (χ2n) is 2.52. The lowest BCUT2D eigenvalue weighted by atomic mass is 10.1. The first-order valence-corrected chi connectivity index (χ1v) is 5.73. The predicted molar refractivity (Wildman–Crippen MR) is 58.0 cm³/mol. The Kier molecular flexibility index (Phi) is 3.83. The molecule has 0 saturated heterocycles. The molecule has 0 amide bonds. The zero-order valence-corrected chi connectivity index (χ0v) is 9.95. The third-order valence-corrected chi connectivity index (χ3v) is 3.97. The van der Waals surface area contributed by atoms with Crippen molar-refractivity contribution < 1.29 is 18.3 Å². The van der Waals surface area contributed by atoms with E-state index in [0.717, 1.165) is 6.08 Å². The SMILES string of the molecule is O=C(O)C1=CC(=S(=O)=O)C(Cl)C(Cl)=C1Cl. The Morgan fingerprint density at radius 2 is 1.93 bits per heavy atom. The first-order chi connectivity index (χ1) is 6.86. The molecule has 0 aromatic rings. The van der Waals surface area contributed by atoms with E-state index >= 15 is 0 Å². The predicted octanol–water partition coefficient (Wildman–Crippen LogP) is 1.36. The Morgan fingerprint density at radius 3 is 2.33 bits per heavy atom. The van der Waals surface area contributed by atoms with Crippen molar-refractivity contribution in [2.24, 2.45) is 0 Å². The molecule has 15 heavy (non-hydrogen) atoms. The fourth-order valence-corrected chi connectivity index (χ4v) is 2.41. The minimum Gasteiger partial charge on any atom is -0.478 e. The number of aliphatic carboxylic acids is 1. The number of halogens is 3. The molecule has 82 valence electrons. The Labute approximate surface area is 101 Å². The number of carboxylic acid groups (broad SMARTS) is 1. The number of alkyl halides is 1. The van der Waals surface area contributed by atoms with Crippen molar-refractivity contribution in [3.63, 3.8) is 0 Å². The zero-order valence-electron chi connectivity index (χ0n) is 6.87. The normalized spacial score (nSPS) is 21.4. The molecule has 0 radical (unpaired) electrons. The van der Waals surface area contributed by atoms with Gasteiger partial charge in [-0.25, -0.2) is 4.79 Å². The third-order valence-electron chi connectivity index (χ3n) is 1.63. The minimum atomic E-state index is -2.64. The van der Waals surface area contributed by atoms with Gasteiger partial charge in [0.25, 0.3) is 0 Å². The summed E-state index contributed by atoms with van der Waals surface area (Å²) in [6, 6.07) is 0. The molecule has 4 nitrogen and oxygen atoms in total. The van der Waals surface area contributed by atoms with Crippen molar-refractivity contribution >= 4 is 55.9 Å². The van der Waals surface area contributed by atoms with Gasteiger partial charge in [0.05, 0.1) is 20.5 Å². The molecule has 1 N–H and O–H groups in total. The van der Waals surface area contributed by atoms with Crippen molar-refractivity contribution in [2.45, 2.75) is 5.38 Å². The van der Waals surface area contributed by atoms with Crippen molar-refractivity contribution in [2.75, 3.05) is 0 Å². The number of carboxylic acids is 1. The van der Waals surface area contributed by atoms with Gasteiger partial charge in [-0.05, 0) is 6.08 Å². The van der Waals surface area contributed by atoms with E-state index in [4.69, 9.17) is 39.9 Å². The second-order valence-corrected chi connectivity index (χ2v) is 4.69. The van der Waals surface area contributed by atoms with Crippen LogP contribution in [0.2, 0.25) is 0 Å². The standard InChI is InChI=1S/C7H3Cl3O4S/c8-4-2(7(11)12)1-3(15(13)14)5(9)6(4)10/h1,5H,(H,11,12). The van der Waals surface area contributed by atoms with E-state index in [1.807, 2.05) is 0 Å². The van der Waals surface area contributed by atoms with Gasteiger partial charge in [-0.3, -0.25) is 0 Å². The van der Waals surface area contributed by atoms with Crippen LogP contribution in [0.5, 0.6) is 0 Å². The maximum Gasteiger partial charge on any atom is 0.337 e. The fraction of sp³-hybridized carbons (Fsp3) is 0.143. The average molecular weight is 290 g/mol. The maximum atomic E-state index is 10.7. The number of carbonyl (C=O) groups is 1. The van der Waals surface area contributed by atoms with Crippen LogP contribution in [-0.4, -0.2) is 29.7 Å². The summed E-state index contributed by atoms with van der Waals surface area (Å²) in [6.45, 7) is 0. The van der Waals surface area contributed by atoms with Crippen LogP contribution in [0, 0.1) is 0 Å². The molecule has 0 fully saturated rings. The highest BCUT2D eigenvalue weighted by Crippen LogP contribution is 2.32. The van der Waals surface area contributed by atoms with Crippen LogP contribution in [0.4, 0.5) is 0 Å². The van der Waals surface area contributed by atoms with Crippen LogP contribution >= 0.6 is 34.8 Å². The van der Waals surface area contributed by atoms with Crippen molar-refractivity contribution in [1.29, 1.82) is 0 Å². The molecule has 1 rings (SSSR count). The van der Waals surface area contributed by atoms with Crippen molar-refractivity contribution in [1.82, 2.24) is 0 Å². The van der Waals surface area contributed by atoms with Gasteiger partial charge in [0.2, 0.25) is 10.3 Å². The molecule has 0 saturated carbocycles. The summed E-state index contributed by atoms with van der Waals surface area (Å²) < 4.78 is 21.4. The minimum absolute atomic E-state index is 0.211. The van der Waals surface area contributed by atoms with Crippen LogP contribution < -0.4 is 0 Å². The van der Waals surface area contributed by atoms with Crippen LogP contribution in [0.3, 0.4) is 0 Å². The highest BCUT2D eigenvalue weighted by molar-refractivity contribution is 7.73. The highest BCUT2D eigenvalue weighted by Gasteiger charge is 2.29. The molecule has 0 aliphatic heterocycles. The highest BCUT2D eigenvalue weighted by atomic mass is 35.5. The fourth-order valence-electron chi connectivity index (χ4n) is 0.932. The van der Waals surface area contributed by atoms with E-state index in [1.54, 1.807) is 0 Å². The summed E-state index contributed by atoms with van der Waals surface area (Å²) in [6.07, 6.45) is 0.886. The smallest absolute Gasteiger partial charge is 0.337 e. The molecule has 1 atom stereocenters. The molecule has 8 heteroatoms. The molecular formula is C7H3Cl3O4S. The van der Waals surface area contributed by atoms with Gasteiger partial charge in [-0.1, -0.05) is 23.2 Å². The van der Waals surface area contributed by atoms with Gasteiger partial charge in [0.15, 0.2) is 0 Å². The molecule has 1 aliphatic carbocycles. The van der Waals surface area contributed by atoms with E-state index < -0.39 is 27.2 Å². The van der Waals surface area contributed by atoms with Gasteiger partial charge >= 0.3 is 5.97 Å². The van der Waals surface area contributed by atoms with Gasteiger partial charge in [0, 0.05) is 0 Å². The van der Waals surface area contributed by atoms with Crippen molar-refractivity contribution in [3.05, 3.63) is 21.7 Å². The van der Waals surface area contributed by atoms with Crippen molar-refractivity contribution in [3.8, 4) is 0 Å². The molecule has 0 aromatic heterocycles. The molecule has 0 heterocycles. The van der Waals surface area contributed by atoms with E-state index in [9.17, 15) is 13.2 Å². The van der Waals surface area contributed by atoms with E-state index in [-0.39, 0.29) is 14.9 Å². The average Bonchev–Trinajstić information content (AvgIpc) is 2.13. The van der Waals surface area contributed by atoms with Gasteiger partial charge < -0.3 is 5.11 Å². The summed E-state index contributed by atoms with van der Waals surface area (Å²) in [4.78, 5) is 10.4. The largest absolute Gasteiger partial charge is 0.478 e. The van der Waals surface area contributed by atoms with E-state index in [1.165, 1.54) is 0 Å². The molecule has 0 bridgehead atoms. The summed E-state index contributed by atoms with van der Waals surface area (Å²) in [5.74, 6) is -1.37. The monoisotopic (exact) mass is 288 g/mol. The summed E-state index contributed by atoms with van der Waals surface area (Å²) in [5.41, 5.74) is -0.391. The van der Waals surface area contributed by atoms with E-state index in [0.29, 0.717) is 0 Å². The maximum absolute atomic E-state index is 10.7. The first-order valence-electron chi connectivity index (χ1n) is 3.47. The summed E-state index contributed by atoms with van der Waals surface area (Å²) in [7, 11) is -2.64. The van der Waals surface area contributed by atoms with Crippen LogP contribution in [0.15, 0.2) is 21.7 Å². The van der Waals surface area contributed by atoms with Gasteiger partial charge in [0.1, 0.15) is 5.38 Å². The topological polar surface area (TPSA) is 71.4 Å². The number of hydrogen-bond donors (Lipinski definition) is 1.